The third-order valence-corrected chi connectivity index (χ3v) is 4.92. The number of carbonyl (C=O) groups excluding carboxylic acids is 2. The molecule has 3 rings (SSSR count). The van der Waals surface area contributed by atoms with Gasteiger partial charge in [-0.3, -0.25) is 15.0 Å². The number of benzene rings is 2. The summed E-state index contributed by atoms with van der Waals surface area (Å²) in [5, 5.41) is 2.00. The molecule has 1 N–H and O–H groups in total. The van der Waals surface area contributed by atoms with E-state index < -0.39 is 11.8 Å². The van der Waals surface area contributed by atoms with Gasteiger partial charge < -0.3 is 9.47 Å². The molecule has 0 saturated carbocycles. The molecule has 1 heterocycles. The molecule has 6 nitrogen and oxygen atoms in total. The number of nitrogens with zero attached hydrogens (tertiary/aromatic N) is 1. The van der Waals surface area contributed by atoms with E-state index >= 15 is 0 Å². The molecule has 0 bridgehead atoms. The Morgan fingerprint density at radius 3 is 2.41 bits per heavy atom. The Morgan fingerprint density at radius 2 is 1.76 bits per heavy atom. The van der Waals surface area contributed by atoms with E-state index in [9.17, 15) is 9.59 Å². The maximum atomic E-state index is 12.8. The van der Waals surface area contributed by atoms with Crippen LogP contribution >= 0.6 is 23.2 Å². The molecule has 1 aliphatic heterocycles. The standard InChI is InChI=1S/C21H20Cl2N2O4/c1-4-28-18-10-13(9-17(23)19(18)29-5-2)8-15-20(26)24-25(21(15)27)14-7-6-12(3)16(22)11-14/h6-11H,4-5H2,1-3H3,(H,24,26). The van der Waals surface area contributed by atoms with Gasteiger partial charge in [-0.05, 0) is 62.2 Å². The lowest BCUT2D eigenvalue weighted by molar-refractivity contribution is -0.117. The second-order valence-electron chi connectivity index (χ2n) is 6.27. The fraction of sp³-hybridized carbons (Fsp3) is 0.238. The zero-order valence-electron chi connectivity index (χ0n) is 16.2. The van der Waals surface area contributed by atoms with E-state index in [0.717, 1.165) is 5.56 Å². The summed E-state index contributed by atoms with van der Waals surface area (Å²) >= 11 is 12.5. The summed E-state index contributed by atoms with van der Waals surface area (Å²) in [6.45, 7) is 6.38. The fourth-order valence-electron chi connectivity index (χ4n) is 2.85. The van der Waals surface area contributed by atoms with Crippen LogP contribution in [0.5, 0.6) is 11.5 Å². The number of rotatable bonds is 6. The average Bonchev–Trinajstić information content (AvgIpc) is 2.95. The van der Waals surface area contributed by atoms with E-state index in [1.54, 1.807) is 30.3 Å². The third-order valence-electron chi connectivity index (χ3n) is 4.24. The maximum Gasteiger partial charge on any atom is 0.282 e. The fourth-order valence-corrected chi connectivity index (χ4v) is 3.29. The van der Waals surface area contributed by atoms with Crippen molar-refractivity contribution in [2.75, 3.05) is 18.2 Å². The van der Waals surface area contributed by atoms with Gasteiger partial charge in [-0.25, -0.2) is 5.01 Å². The molecular formula is C21H20Cl2N2O4. The second-order valence-corrected chi connectivity index (χ2v) is 7.08. The molecule has 0 spiro atoms. The van der Waals surface area contributed by atoms with Crippen molar-refractivity contribution in [3.05, 3.63) is 57.1 Å². The molecule has 2 amide bonds. The van der Waals surface area contributed by atoms with Gasteiger partial charge in [0, 0.05) is 5.02 Å². The number of amides is 2. The van der Waals surface area contributed by atoms with Crippen molar-refractivity contribution in [1.29, 1.82) is 0 Å². The quantitative estimate of drug-likeness (QED) is 0.534. The number of ether oxygens (including phenoxy) is 2. The summed E-state index contributed by atoms with van der Waals surface area (Å²) in [6.07, 6.45) is 1.47. The highest BCUT2D eigenvalue weighted by atomic mass is 35.5. The molecule has 0 unspecified atom stereocenters. The number of aryl methyl sites for hydroxylation is 1. The van der Waals surface area contributed by atoms with Crippen LogP contribution < -0.4 is 19.9 Å². The predicted octanol–water partition coefficient (Wildman–Crippen LogP) is 4.56. The lowest BCUT2D eigenvalue weighted by Gasteiger charge is -2.15. The number of carbonyl (C=O) groups is 2. The van der Waals surface area contributed by atoms with Crippen LogP contribution in [0.15, 0.2) is 35.9 Å². The van der Waals surface area contributed by atoms with Crippen LogP contribution in [0.3, 0.4) is 0 Å². The van der Waals surface area contributed by atoms with Gasteiger partial charge >= 0.3 is 0 Å². The topological polar surface area (TPSA) is 67.9 Å². The van der Waals surface area contributed by atoms with Crippen molar-refractivity contribution in [2.24, 2.45) is 0 Å². The Morgan fingerprint density at radius 1 is 1.03 bits per heavy atom. The second kappa shape index (κ2) is 8.76. The average molecular weight is 435 g/mol. The van der Waals surface area contributed by atoms with Gasteiger partial charge in [0.1, 0.15) is 5.57 Å². The summed E-state index contributed by atoms with van der Waals surface area (Å²) in [4.78, 5) is 25.3. The number of halogens is 2. The number of hydrogen-bond donors (Lipinski definition) is 1. The number of nitrogens with one attached hydrogen (secondary N) is 1. The molecule has 152 valence electrons. The Hall–Kier alpha value is -2.70. The van der Waals surface area contributed by atoms with Gasteiger partial charge in [0.15, 0.2) is 11.5 Å². The molecular weight excluding hydrogens is 415 g/mol. The largest absolute Gasteiger partial charge is 0.490 e. The van der Waals surface area contributed by atoms with E-state index in [-0.39, 0.29) is 5.57 Å². The molecule has 29 heavy (non-hydrogen) atoms. The minimum Gasteiger partial charge on any atom is -0.490 e. The lowest BCUT2D eigenvalue weighted by Crippen LogP contribution is -2.35. The van der Waals surface area contributed by atoms with E-state index in [0.29, 0.717) is 46.0 Å². The molecule has 1 fully saturated rings. The smallest absolute Gasteiger partial charge is 0.282 e. The first-order valence-corrected chi connectivity index (χ1v) is 9.83. The summed E-state index contributed by atoms with van der Waals surface area (Å²) in [5.74, 6) is -0.134. The highest BCUT2D eigenvalue weighted by molar-refractivity contribution is 6.34. The number of hydrogen-bond acceptors (Lipinski definition) is 4. The lowest BCUT2D eigenvalue weighted by atomic mass is 10.1. The zero-order chi connectivity index (χ0) is 21.1. The van der Waals surface area contributed by atoms with Crippen LogP contribution in [-0.2, 0) is 9.59 Å². The first-order chi connectivity index (χ1) is 13.8. The zero-order valence-corrected chi connectivity index (χ0v) is 17.7. The predicted molar refractivity (Wildman–Crippen MR) is 114 cm³/mol. The molecule has 8 heteroatoms. The highest BCUT2D eigenvalue weighted by Gasteiger charge is 2.34. The number of anilines is 1. The minimum atomic E-state index is -0.519. The Balaban J connectivity index is 1.96. The first-order valence-electron chi connectivity index (χ1n) is 9.08. The molecule has 0 radical (unpaired) electrons. The third kappa shape index (κ3) is 4.33. The van der Waals surface area contributed by atoms with Crippen LogP contribution in [-0.4, -0.2) is 25.0 Å². The van der Waals surface area contributed by atoms with Gasteiger partial charge in [0.2, 0.25) is 0 Å². The van der Waals surface area contributed by atoms with Crippen LogP contribution in [0.25, 0.3) is 6.08 Å². The van der Waals surface area contributed by atoms with Crippen LogP contribution in [0.2, 0.25) is 10.0 Å². The molecule has 2 aromatic rings. The van der Waals surface area contributed by atoms with E-state index in [1.165, 1.54) is 11.1 Å². The van der Waals surface area contributed by atoms with E-state index in [2.05, 4.69) is 5.43 Å². The van der Waals surface area contributed by atoms with Crippen molar-refractivity contribution in [3.63, 3.8) is 0 Å². The van der Waals surface area contributed by atoms with Crippen LogP contribution in [0.4, 0.5) is 5.69 Å². The van der Waals surface area contributed by atoms with Crippen molar-refractivity contribution in [3.8, 4) is 11.5 Å². The normalized spacial score (nSPS) is 15.1. The van der Waals surface area contributed by atoms with Crippen molar-refractivity contribution in [2.45, 2.75) is 20.8 Å². The SMILES string of the molecule is CCOc1cc(C=C2C(=O)NN(c3ccc(C)c(Cl)c3)C2=O)cc(Cl)c1OCC. The molecule has 1 saturated heterocycles. The Kier molecular flexibility index (Phi) is 6.35. The van der Waals surface area contributed by atoms with E-state index in [1.807, 2.05) is 20.8 Å². The molecule has 1 aliphatic rings. The van der Waals surface area contributed by atoms with Gasteiger partial charge in [0.05, 0.1) is 23.9 Å². The Labute approximate surface area is 179 Å². The monoisotopic (exact) mass is 434 g/mol. The first kappa shape index (κ1) is 21.0. The highest BCUT2D eigenvalue weighted by Crippen LogP contribution is 2.37. The van der Waals surface area contributed by atoms with Gasteiger partial charge in [0.25, 0.3) is 11.8 Å². The van der Waals surface area contributed by atoms with Crippen molar-refractivity contribution < 1.29 is 19.1 Å². The summed E-state index contributed by atoms with van der Waals surface area (Å²) in [6, 6.07) is 8.41. The molecule has 0 aromatic heterocycles. The maximum absolute atomic E-state index is 12.8. The van der Waals surface area contributed by atoms with Gasteiger partial charge in [-0.2, -0.15) is 0 Å². The summed E-state index contributed by atoms with van der Waals surface area (Å²) in [7, 11) is 0. The molecule has 0 aliphatic carbocycles. The Bertz CT molecular complexity index is 1000. The van der Waals surface area contributed by atoms with E-state index in [4.69, 9.17) is 32.7 Å². The van der Waals surface area contributed by atoms with Gasteiger partial charge in [-0.15, -0.1) is 0 Å². The van der Waals surface area contributed by atoms with Crippen molar-refractivity contribution >= 4 is 46.8 Å². The summed E-state index contributed by atoms with van der Waals surface area (Å²) < 4.78 is 11.1. The minimum absolute atomic E-state index is 0.0237. The molecule has 2 aromatic carbocycles. The van der Waals surface area contributed by atoms with Crippen LogP contribution in [0.1, 0.15) is 25.0 Å². The summed E-state index contributed by atoms with van der Waals surface area (Å²) in [5.41, 5.74) is 4.42. The van der Waals surface area contributed by atoms with Crippen LogP contribution in [0, 0.1) is 6.92 Å². The van der Waals surface area contributed by atoms with Crippen molar-refractivity contribution in [1.82, 2.24) is 5.43 Å². The van der Waals surface area contributed by atoms with Gasteiger partial charge in [-0.1, -0.05) is 29.3 Å². The molecule has 0 atom stereocenters. The number of hydrazine groups is 1.